The fourth-order valence-corrected chi connectivity index (χ4v) is 3.36. The number of hydrogen-bond acceptors (Lipinski definition) is 6. The van der Waals surface area contributed by atoms with Gasteiger partial charge >= 0.3 is 12.1 Å². The number of carbonyl (C=O) groups is 2. The Labute approximate surface area is 199 Å². The number of amides is 1. The molecule has 34 heavy (non-hydrogen) atoms. The summed E-state index contributed by atoms with van der Waals surface area (Å²) in [6, 6.07) is 22.1. The molecule has 3 aromatic rings. The summed E-state index contributed by atoms with van der Waals surface area (Å²) in [6.45, 7) is 5.20. The first-order valence-electron chi connectivity index (χ1n) is 10.8. The van der Waals surface area contributed by atoms with Crippen molar-refractivity contribution in [1.29, 1.82) is 0 Å². The molecule has 0 spiro atoms. The molecule has 7 heteroatoms. The van der Waals surface area contributed by atoms with E-state index in [-0.39, 0.29) is 23.4 Å². The quantitative estimate of drug-likeness (QED) is 0.478. The summed E-state index contributed by atoms with van der Waals surface area (Å²) < 4.78 is 16.1. The van der Waals surface area contributed by atoms with Crippen molar-refractivity contribution in [3.63, 3.8) is 0 Å². The smallest absolute Gasteiger partial charge is 0.412 e. The van der Waals surface area contributed by atoms with Crippen molar-refractivity contribution in [2.75, 3.05) is 12.4 Å². The molecular weight excluding hydrogens is 434 g/mol. The minimum absolute atomic E-state index is 0.0280. The fourth-order valence-electron chi connectivity index (χ4n) is 3.36. The van der Waals surface area contributed by atoms with Crippen molar-refractivity contribution in [3.05, 3.63) is 95.6 Å². The van der Waals surface area contributed by atoms with Crippen LogP contribution in [0.4, 0.5) is 10.5 Å². The van der Waals surface area contributed by atoms with Gasteiger partial charge < -0.3 is 19.3 Å². The minimum Gasteiger partial charge on any atom is -0.497 e. The standard InChI is InChI=1S/C27H29NO6/c1-26(2,3)34-25(30)28-23-13-9-8-12-22(23)27(31,20-14-16-21(32-4)17-15-20)24(29)33-18-19-10-6-5-7-11-19/h5-17,31H,18H2,1-4H3,(H,28,30)/t27-/m0/s1. The minimum atomic E-state index is -2.22. The average Bonchev–Trinajstić information content (AvgIpc) is 2.82. The third-order valence-corrected chi connectivity index (χ3v) is 4.97. The fraction of sp³-hybridized carbons (Fsp3) is 0.259. The molecule has 0 heterocycles. The second-order valence-electron chi connectivity index (χ2n) is 8.67. The zero-order valence-electron chi connectivity index (χ0n) is 19.7. The first kappa shape index (κ1) is 24.8. The molecule has 0 radical (unpaired) electrons. The number of esters is 1. The lowest BCUT2D eigenvalue weighted by molar-refractivity contribution is -0.163. The lowest BCUT2D eigenvalue weighted by atomic mass is 9.85. The Bertz CT molecular complexity index is 1120. The van der Waals surface area contributed by atoms with E-state index in [9.17, 15) is 14.7 Å². The van der Waals surface area contributed by atoms with Gasteiger partial charge in [0, 0.05) is 5.56 Å². The molecule has 0 bridgehead atoms. The van der Waals surface area contributed by atoms with Crippen molar-refractivity contribution in [2.45, 2.75) is 38.6 Å². The van der Waals surface area contributed by atoms with Crippen molar-refractivity contribution in [2.24, 2.45) is 0 Å². The van der Waals surface area contributed by atoms with Gasteiger partial charge in [-0.05, 0) is 50.1 Å². The summed E-state index contributed by atoms with van der Waals surface area (Å²) in [7, 11) is 1.52. The molecule has 0 aliphatic heterocycles. The highest BCUT2D eigenvalue weighted by Gasteiger charge is 2.44. The normalized spacial score (nSPS) is 12.9. The number of benzene rings is 3. The molecule has 1 amide bonds. The van der Waals surface area contributed by atoms with Crippen LogP contribution in [0.25, 0.3) is 0 Å². The number of para-hydroxylation sites is 1. The van der Waals surface area contributed by atoms with E-state index in [1.807, 2.05) is 30.3 Å². The van der Waals surface area contributed by atoms with E-state index in [1.54, 1.807) is 69.3 Å². The Hall–Kier alpha value is -3.84. The molecule has 1 atom stereocenters. The predicted octanol–water partition coefficient (Wildman–Crippen LogP) is 5.02. The van der Waals surface area contributed by atoms with E-state index in [0.29, 0.717) is 5.75 Å². The van der Waals surface area contributed by atoms with Crippen LogP contribution in [-0.4, -0.2) is 29.9 Å². The molecule has 0 aromatic heterocycles. The molecule has 178 valence electrons. The summed E-state index contributed by atoms with van der Waals surface area (Å²) in [6.07, 6.45) is -0.713. The topological polar surface area (TPSA) is 94.1 Å². The highest BCUT2D eigenvalue weighted by molar-refractivity contribution is 5.92. The molecule has 7 nitrogen and oxygen atoms in total. The highest BCUT2D eigenvalue weighted by Crippen LogP contribution is 2.37. The van der Waals surface area contributed by atoms with Gasteiger partial charge in [-0.1, -0.05) is 60.7 Å². The zero-order chi connectivity index (χ0) is 24.8. The maximum atomic E-state index is 13.4. The molecule has 0 saturated carbocycles. The van der Waals surface area contributed by atoms with E-state index in [0.717, 1.165) is 5.56 Å². The summed E-state index contributed by atoms with van der Waals surface area (Å²) in [4.78, 5) is 25.9. The zero-order valence-corrected chi connectivity index (χ0v) is 19.7. The Balaban J connectivity index is 2.01. The number of carbonyl (C=O) groups excluding carboxylic acids is 2. The van der Waals surface area contributed by atoms with Crippen LogP contribution in [0.5, 0.6) is 5.75 Å². The maximum Gasteiger partial charge on any atom is 0.412 e. The second-order valence-corrected chi connectivity index (χ2v) is 8.67. The summed E-state index contributed by atoms with van der Waals surface area (Å²) >= 11 is 0. The molecule has 2 N–H and O–H groups in total. The van der Waals surface area contributed by atoms with Gasteiger partial charge in [0.25, 0.3) is 0 Å². The van der Waals surface area contributed by atoms with Crippen LogP contribution < -0.4 is 10.1 Å². The van der Waals surface area contributed by atoms with Gasteiger partial charge in [-0.25, -0.2) is 9.59 Å². The lowest BCUT2D eigenvalue weighted by Gasteiger charge is -2.29. The van der Waals surface area contributed by atoms with Gasteiger partial charge in [0.2, 0.25) is 5.60 Å². The number of ether oxygens (including phenoxy) is 3. The molecule has 0 aliphatic carbocycles. The van der Waals surface area contributed by atoms with E-state index in [4.69, 9.17) is 14.2 Å². The van der Waals surface area contributed by atoms with Gasteiger partial charge in [0.1, 0.15) is 18.0 Å². The molecule has 3 rings (SSSR count). The molecule has 3 aromatic carbocycles. The molecule has 0 unspecified atom stereocenters. The Kier molecular flexibility index (Phi) is 7.58. The summed E-state index contributed by atoms with van der Waals surface area (Å²) in [5, 5.41) is 14.5. The molecule has 0 saturated heterocycles. The highest BCUT2D eigenvalue weighted by atomic mass is 16.6. The molecule has 0 aliphatic rings. The molecule has 0 fully saturated rings. The monoisotopic (exact) mass is 463 g/mol. The number of aliphatic hydroxyl groups is 1. The average molecular weight is 464 g/mol. The SMILES string of the molecule is COc1ccc([C@@](O)(C(=O)OCc2ccccc2)c2ccccc2NC(=O)OC(C)(C)C)cc1. The Morgan fingerprint density at radius 1 is 0.882 bits per heavy atom. The van der Waals surface area contributed by atoms with Gasteiger partial charge in [0.15, 0.2) is 0 Å². The van der Waals surface area contributed by atoms with Crippen molar-refractivity contribution < 1.29 is 28.9 Å². The number of rotatable bonds is 7. The summed E-state index contributed by atoms with van der Waals surface area (Å²) in [5.74, 6) is -0.330. The van der Waals surface area contributed by atoms with Crippen LogP contribution in [0.1, 0.15) is 37.5 Å². The number of hydrogen-bond donors (Lipinski definition) is 2. The van der Waals surface area contributed by atoms with Gasteiger partial charge in [-0.3, -0.25) is 5.32 Å². The van der Waals surface area contributed by atoms with E-state index >= 15 is 0 Å². The Morgan fingerprint density at radius 3 is 2.12 bits per heavy atom. The number of methoxy groups -OCH3 is 1. The predicted molar refractivity (Wildman–Crippen MR) is 129 cm³/mol. The molecular formula is C27H29NO6. The lowest BCUT2D eigenvalue weighted by Crippen LogP contribution is -2.39. The Morgan fingerprint density at radius 2 is 1.50 bits per heavy atom. The van der Waals surface area contributed by atoms with Crippen LogP contribution >= 0.6 is 0 Å². The van der Waals surface area contributed by atoms with Crippen LogP contribution in [0.2, 0.25) is 0 Å². The second kappa shape index (κ2) is 10.4. The summed E-state index contributed by atoms with van der Waals surface area (Å²) in [5.41, 5.74) is -1.55. The first-order valence-corrected chi connectivity index (χ1v) is 10.8. The van der Waals surface area contributed by atoms with E-state index < -0.39 is 23.3 Å². The van der Waals surface area contributed by atoms with Crippen molar-refractivity contribution in [1.82, 2.24) is 0 Å². The largest absolute Gasteiger partial charge is 0.497 e. The van der Waals surface area contributed by atoms with E-state index in [1.165, 1.54) is 7.11 Å². The van der Waals surface area contributed by atoms with Gasteiger partial charge in [-0.15, -0.1) is 0 Å². The number of nitrogens with one attached hydrogen (secondary N) is 1. The maximum absolute atomic E-state index is 13.4. The van der Waals surface area contributed by atoms with Crippen LogP contribution in [0.3, 0.4) is 0 Å². The van der Waals surface area contributed by atoms with E-state index in [2.05, 4.69) is 5.32 Å². The van der Waals surface area contributed by atoms with Crippen molar-refractivity contribution in [3.8, 4) is 5.75 Å². The van der Waals surface area contributed by atoms with Crippen LogP contribution in [0.15, 0.2) is 78.9 Å². The number of anilines is 1. The van der Waals surface area contributed by atoms with Gasteiger partial charge in [0.05, 0.1) is 12.8 Å². The van der Waals surface area contributed by atoms with Crippen LogP contribution in [-0.2, 0) is 26.5 Å². The first-order chi connectivity index (χ1) is 16.1. The van der Waals surface area contributed by atoms with Crippen LogP contribution in [0, 0.1) is 0 Å². The van der Waals surface area contributed by atoms with Gasteiger partial charge in [-0.2, -0.15) is 0 Å². The third-order valence-electron chi connectivity index (χ3n) is 4.97. The van der Waals surface area contributed by atoms with Crippen molar-refractivity contribution >= 4 is 17.7 Å². The third kappa shape index (κ3) is 5.94.